The standard InChI is InChI=1S/C25H24N2O3/c1-25(2)14-21-19(22(28)15-25)13-20(23(29)26-16-17-9-5-3-6-10-17)24(30)27(21)18-11-7-4-8-12-18/h3-13H,14-16H2,1-2H3,(H,26,29). The summed E-state index contributed by atoms with van der Waals surface area (Å²) in [5, 5.41) is 2.81. The summed E-state index contributed by atoms with van der Waals surface area (Å²) in [5.41, 5.74) is 2.06. The fourth-order valence-electron chi connectivity index (χ4n) is 4.00. The predicted molar refractivity (Wildman–Crippen MR) is 116 cm³/mol. The van der Waals surface area contributed by atoms with Gasteiger partial charge in [-0.2, -0.15) is 0 Å². The molecule has 1 heterocycles. The van der Waals surface area contributed by atoms with Gasteiger partial charge in [-0.15, -0.1) is 0 Å². The number of hydrogen-bond donors (Lipinski definition) is 1. The Morgan fingerprint density at radius 3 is 2.27 bits per heavy atom. The number of fused-ring (bicyclic) bond motifs is 1. The van der Waals surface area contributed by atoms with Gasteiger partial charge in [0.15, 0.2) is 5.78 Å². The first-order valence-electron chi connectivity index (χ1n) is 10.1. The Balaban J connectivity index is 1.81. The quantitative estimate of drug-likeness (QED) is 0.722. The molecule has 1 N–H and O–H groups in total. The topological polar surface area (TPSA) is 68.2 Å². The highest BCUT2D eigenvalue weighted by molar-refractivity contribution is 6.02. The zero-order valence-electron chi connectivity index (χ0n) is 17.1. The fraction of sp³-hybridized carbons (Fsp3) is 0.240. The minimum Gasteiger partial charge on any atom is -0.348 e. The van der Waals surface area contributed by atoms with E-state index < -0.39 is 11.5 Å². The molecule has 0 spiro atoms. The number of pyridine rings is 1. The van der Waals surface area contributed by atoms with Gasteiger partial charge in [-0.25, -0.2) is 0 Å². The van der Waals surface area contributed by atoms with Crippen molar-refractivity contribution in [1.82, 2.24) is 9.88 Å². The van der Waals surface area contributed by atoms with E-state index in [0.29, 0.717) is 36.3 Å². The van der Waals surface area contributed by atoms with Crippen molar-refractivity contribution in [2.75, 3.05) is 0 Å². The van der Waals surface area contributed by atoms with E-state index in [-0.39, 0.29) is 16.8 Å². The van der Waals surface area contributed by atoms with Crippen LogP contribution < -0.4 is 10.9 Å². The SMILES string of the molecule is CC1(C)CC(=O)c2cc(C(=O)NCc3ccccc3)c(=O)n(-c3ccccc3)c2C1. The first-order valence-corrected chi connectivity index (χ1v) is 10.1. The van der Waals surface area contributed by atoms with Gasteiger partial charge >= 0.3 is 0 Å². The third-order valence-corrected chi connectivity index (χ3v) is 5.44. The molecule has 1 aromatic heterocycles. The fourth-order valence-corrected chi connectivity index (χ4v) is 4.00. The van der Waals surface area contributed by atoms with Crippen LogP contribution in [0.3, 0.4) is 0 Å². The largest absolute Gasteiger partial charge is 0.348 e. The average Bonchev–Trinajstić information content (AvgIpc) is 2.72. The second-order valence-electron chi connectivity index (χ2n) is 8.50. The zero-order chi connectivity index (χ0) is 21.3. The van der Waals surface area contributed by atoms with Crippen LogP contribution in [-0.2, 0) is 13.0 Å². The molecule has 0 saturated carbocycles. The van der Waals surface area contributed by atoms with Crippen molar-refractivity contribution in [2.45, 2.75) is 33.2 Å². The molecule has 3 aromatic rings. The van der Waals surface area contributed by atoms with Crippen molar-refractivity contribution in [3.8, 4) is 5.69 Å². The van der Waals surface area contributed by atoms with E-state index >= 15 is 0 Å². The number of aromatic nitrogens is 1. The number of Topliss-reactive ketones (excluding diaryl/α,β-unsaturated/α-hetero) is 1. The zero-order valence-corrected chi connectivity index (χ0v) is 17.1. The number of benzene rings is 2. The molecule has 0 radical (unpaired) electrons. The smallest absolute Gasteiger partial charge is 0.268 e. The van der Waals surface area contributed by atoms with Crippen molar-refractivity contribution in [1.29, 1.82) is 0 Å². The van der Waals surface area contributed by atoms with Crippen molar-refractivity contribution >= 4 is 11.7 Å². The number of ketones is 1. The van der Waals surface area contributed by atoms with Crippen LogP contribution in [0.15, 0.2) is 71.5 Å². The Hall–Kier alpha value is -3.47. The summed E-state index contributed by atoms with van der Waals surface area (Å²) in [5.74, 6) is -0.517. The monoisotopic (exact) mass is 400 g/mol. The Kier molecular flexibility index (Phi) is 5.12. The third kappa shape index (κ3) is 3.83. The minimum atomic E-state index is -0.478. The van der Waals surface area contributed by atoms with Crippen LogP contribution in [0.4, 0.5) is 0 Å². The molecule has 4 rings (SSSR count). The third-order valence-electron chi connectivity index (χ3n) is 5.44. The highest BCUT2D eigenvalue weighted by Crippen LogP contribution is 2.35. The summed E-state index contributed by atoms with van der Waals surface area (Å²) >= 11 is 0. The van der Waals surface area contributed by atoms with E-state index in [1.165, 1.54) is 10.6 Å². The van der Waals surface area contributed by atoms with Gasteiger partial charge in [-0.1, -0.05) is 62.4 Å². The maximum absolute atomic E-state index is 13.4. The van der Waals surface area contributed by atoms with Crippen molar-refractivity contribution in [3.63, 3.8) is 0 Å². The number of carbonyl (C=O) groups is 2. The number of nitrogens with zero attached hydrogens (tertiary/aromatic N) is 1. The van der Waals surface area contributed by atoms with Gasteiger partial charge in [0.1, 0.15) is 5.56 Å². The molecule has 152 valence electrons. The summed E-state index contributed by atoms with van der Waals surface area (Å²) in [7, 11) is 0. The molecular formula is C25H24N2O3. The van der Waals surface area contributed by atoms with Gasteiger partial charge in [0.25, 0.3) is 11.5 Å². The Morgan fingerprint density at radius 1 is 0.967 bits per heavy atom. The minimum absolute atomic E-state index is 0.0124. The molecule has 0 bridgehead atoms. The van der Waals surface area contributed by atoms with Crippen LogP contribution in [0.25, 0.3) is 5.69 Å². The highest BCUT2D eigenvalue weighted by atomic mass is 16.2. The number of rotatable bonds is 4. The highest BCUT2D eigenvalue weighted by Gasteiger charge is 2.35. The lowest BCUT2D eigenvalue weighted by Gasteiger charge is -2.32. The van der Waals surface area contributed by atoms with Crippen LogP contribution in [0.1, 0.15) is 52.2 Å². The van der Waals surface area contributed by atoms with Crippen LogP contribution in [0.5, 0.6) is 0 Å². The second kappa shape index (κ2) is 7.75. The molecule has 1 aliphatic carbocycles. The summed E-state index contributed by atoms with van der Waals surface area (Å²) in [6, 6.07) is 20.2. The van der Waals surface area contributed by atoms with E-state index in [9.17, 15) is 14.4 Å². The number of amides is 1. The number of nitrogens with one attached hydrogen (secondary N) is 1. The van der Waals surface area contributed by atoms with Gasteiger partial charge in [0.2, 0.25) is 0 Å². The summed E-state index contributed by atoms with van der Waals surface area (Å²) in [6.45, 7) is 4.35. The molecule has 0 atom stereocenters. The van der Waals surface area contributed by atoms with Crippen molar-refractivity contribution in [3.05, 3.63) is 99.5 Å². The molecule has 5 nitrogen and oxygen atoms in total. The Bertz CT molecular complexity index is 1160. The second-order valence-corrected chi connectivity index (χ2v) is 8.50. The van der Waals surface area contributed by atoms with E-state index in [4.69, 9.17) is 0 Å². The molecule has 2 aromatic carbocycles. The molecule has 1 aliphatic rings. The summed E-state index contributed by atoms with van der Waals surface area (Å²) < 4.78 is 1.53. The Morgan fingerprint density at radius 2 is 1.60 bits per heavy atom. The molecule has 30 heavy (non-hydrogen) atoms. The van der Waals surface area contributed by atoms with Crippen molar-refractivity contribution < 1.29 is 9.59 Å². The summed E-state index contributed by atoms with van der Waals surface area (Å²) in [4.78, 5) is 39.2. The first kappa shape index (κ1) is 19.8. The van der Waals surface area contributed by atoms with Gasteiger partial charge in [0.05, 0.1) is 0 Å². The lowest BCUT2D eigenvalue weighted by molar-refractivity contribution is 0.0908. The van der Waals surface area contributed by atoms with Crippen molar-refractivity contribution in [2.24, 2.45) is 5.41 Å². The molecule has 0 aliphatic heterocycles. The first-order chi connectivity index (χ1) is 14.4. The van der Waals surface area contributed by atoms with E-state index in [1.807, 2.05) is 74.5 Å². The van der Waals surface area contributed by atoms with Crippen LogP contribution in [0.2, 0.25) is 0 Å². The molecule has 0 saturated heterocycles. The normalized spacial score (nSPS) is 14.8. The Labute approximate surface area is 175 Å². The number of hydrogen-bond acceptors (Lipinski definition) is 3. The summed E-state index contributed by atoms with van der Waals surface area (Å²) in [6.07, 6.45) is 0.974. The van der Waals surface area contributed by atoms with Gasteiger partial charge in [-0.3, -0.25) is 19.0 Å². The maximum Gasteiger partial charge on any atom is 0.268 e. The molecule has 0 fully saturated rings. The molecular weight excluding hydrogens is 376 g/mol. The van der Waals surface area contributed by atoms with Gasteiger partial charge in [0, 0.05) is 29.9 Å². The number of carbonyl (C=O) groups excluding carboxylic acids is 2. The van der Waals surface area contributed by atoms with Crippen LogP contribution in [-0.4, -0.2) is 16.3 Å². The lowest BCUT2D eigenvalue weighted by Crippen LogP contribution is -2.38. The van der Waals surface area contributed by atoms with E-state index in [2.05, 4.69) is 5.32 Å². The lowest BCUT2D eigenvalue weighted by atomic mass is 9.75. The predicted octanol–water partition coefficient (Wildman–Crippen LogP) is 3.92. The average molecular weight is 400 g/mol. The maximum atomic E-state index is 13.4. The van der Waals surface area contributed by atoms with Gasteiger partial charge < -0.3 is 5.32 Å². The molecule has 0 unspecified atom stereocenters. The molecule has 1 amide bonds. The molecule has 5 heteroatoms. The van der Waals surface area contributed by atoms with Crippen LogP contribution >= 0.6 is 0 Å². The van der Waals surface area contributed by atoms with E-state index in [1.54, 1.807) is 0 Å². The van der Waals surface area contributed by atoms with E-state index in [0.717, 1.165) is 5.56 Å². The number of para-hydroxylation sites is 1. The van der Waals surface area contributed by atoms with Gasteiger partial charge in [-0.05, 0) is 35.6 Å². The van der Waals surface area contributed by atoms with Crippen LogP contribution in [0, 0.1) is 5.41 Å².